The van der Waals surface area contributed by atoms with Crippen molar-refractivity contribution >= 4 is 29.2 Å². The van der Waals surface area contributed by atoms with Gasteiger partial charge in [0.15, 0.2) is 6.61 Å². The molecule has 0 bridgehead atoms. The highest BCUT2D eigenvalue weighted by atomic mass is 35.5. The molecule has 2 rings (SSSR count). The fraction of sp³-hybridized carbons (Fsp3) is 0.263. The van der Waals surface area contributed by atoms with E-state index in [1.807, 2.05) is 0 Å². The van der Waals surface area contributed by atoms with E-state index < -0.39 is 18.5 Å². The zero-order chi connectivity index (χ0) is 20.0. The summed E-state index contributed by atoms with van der Waals surface area (Å²) in [6.45, 7) is 1.36. The molecule has 0 spiro atoms. The number of benzene rings is 2. The number of nitrogens with two attached hydrogens (primary N) is 1. The minimum Gasteiger partial charge on any atom is -0.497 e. The van der Waals surface area contributed by atoms with Crippen LogP contribution in [0.25, 0.3) is 0 Å². The first-order chi connectivity index (χ1) is 12.8. The number of esters is 1. The number of carbonyl (C=O) groups is 2. The van der Waals surface area contributed by atoms with Crippen molar-refractivity contribution in [2.24, 2.45) is 0 Å². The number of nitrogen functional groups attached to an aromatic ring is 1. The van der Waals surface area contributed by atoms with E-state index in [-0.39, 0.29) is 17.3 Å². The summed E-state index contributed by atoms with van der Waals surface area (Å²) >= 11 is 5.81. The van der Waals surface area contributed by atoms with E-state index in [9.17, 15) is 9.59 Å². The third kappa shape index (κ3) is 5.27. The Bertz CT molecular complexity index is 841. The Kier molecular flexibility index (Phi) is 6.90. The number of hydrogen-bond acceptors (Lipinski definition) is 6. The molecule has 144 valence electrons. The van der Waals surface area contributed by atoms with Crippen LogP contribution in [0.2, 0.25) is 5.02 Å². The molecular formula is C19H21ClN2O5. The molecule has 0 unspecified atom stereocenters. The lowest BCUT2D eigenvalue weighted by molar-refractivity contribution is -0.124. The minimum atomic E-state index is -0.667. The van der Waals surface area contributed by atoms with Crippen molar-refractivity contribution in [3.05, 3.63) is 52.5 Å². The molecule has 3 N–H and O–H groups in total. The van der Waals surface area contributed by atoms with Gasteiger partial charge in [-0.3, -0.25) is 4.79 Å². The number of ether oxygens (including phenoxy) is 3. The van der Waals surface area contributed by atoms with Gasteiger partial charge in [0.25, 0.3) is 5.91 Å². The number of halogens is 1. The van der Waals surface area contributed by atoms with Crippen LogP contribution >= 0.6 is 11.6 Å². The fourth-order valence-corrected chi connectivity index (χ4v) is 2.54. The number of carbonyl (C=O) groups excluding carboxylic acids is 2. The second kappa shape index (κ2) is 9.14. The molecule has 1 atom stereocenters. The second-order valence-electron chi connectivity index (χ2n) is 5.71. The topological polar surface area (TPSA) is 99.9 Å². The van der Waals surface area contributed by atoms with Crippen molar-refractivity contribution in [2.75, 3.05) is 26.6 Å². The molecule has 0 fully saturated rings. The van der Waals surface area contributed by atoms with E-state index in [1.165, 1.54) is 18.2 Å². The summed E-state index contributed by atoms with van der Waals surface area (Å²) in [7, 11) is 3.09. The maximum Gasteiger partial charge on any atom is 0.338 e. The molecule has 1 amide bonds. The van der Waals surface area contributed by atoms with Gasteiger partial charge < -0.3 is 25.3 Å². The Morgan fingerprint density at radius 2 is 1.89 bits per heavy atom. The van der Waals surface area contributed by atoms with Gasteiger partial charge >= 0.3 is 5.97 Å². The molecule has 7 nitrogen and oxygen atoms in total. The Morgan fingerprint density at radius 3 is 2.52 bits per heavy atom. The molecular weight excluding hydrogens is 372 g/mol. The van der Waals surface area contributed by atoms with Gasteiger partial charge in [0.05, 0.1) is 36.5 Å². The van der Waals surface area contributed by atoms with Crippen molar-refractivity contribution in [2.45, 2.75) is 13.0 Å². The average molecular weight is 393 g/mol. The number of hydrogen-bond donors (Lipinski definition) is 2. The van der Waals surface area contributed by atoms with Crippen molar-refractivity contribution in [3.63, 3.8) is 0 Å². The zero-order valence-electron chi connectivity index (χ0n) is 15.2. The van der Waals surface area contributed by atoms with Crippen LogP contribution in [0.1, 0.15) is 28.9 Å². The minimum absolute atomic E-state index is 0.215. The molecule has 2 aromatic rings. The second-order valence-corrected chi connectivity index (χ2v) is 6.12. The standard InChI is InChI=1S/C19H21ClN2O5/c1-11(14-9-13(25-2)5-7-17(14)26-3)22-18(23)10-27-19(24)12-4-6-15(20)16(21)8-12/h4-9,11H,10,21H2,1-3H3,(H,22,23)/t11-/m1/s1. The molecule has 8 heteroatoms. The summed E-state index contributed by atoms with van der Waals surface area (Å²) in [5, 5.41) is 3.09. The monoisotopic (exact) mass is 392 g/mol. The average Bonchev–Trinajstić information content (AvgIpc) is 2.67. The van der Waals surface area contributed by atoms with E-state index in [0.29, 0.717) is 16.5 Å². The van der Waals surface area contributed by atoms with Crippen molar-refractivity contribution < 1.29 is 23.8 Å². The van der Waals surface area contributed by atoms with E-state index in [4.69, 9.17) is 31.5 Å². The summed E-state index contributed by atoms with van der Waals surface area (Å²) in [6, 6.07) is 9.26. The van der Waals surface area contributed by atoms with Crippen LogP contribution in [0.4, 0.5) is 5.69 Å². The van der Waals surface area contributed by atoms with Gasteiger partial charge in [-0.1, -0.05) is 11.6 Å². The Hall–Kier alpha value is -2.93. The molecule has 0 aromatic heterocycles. The molecule has 0 radical (unpaired) electrons. The van der Waals surface area contributed by atoms with Gasteiger partial charge in [-0.05, 0) is 43.3 Å². The van der Waals surface area contributed by atoms with Crippen molar-refractivity contribution in [1.82, 2.24) is 5.32 Å². The third-order valence-electron chi connectivity index (χ3n) is 3.85. The van der Waals surface area contributed by atoms with Crippen LogP contribution in [-0.4, -0.2) is 32.7 Å². The van der Waals surface area contributed by atoms with E-state index >= 15 is 0 Å². The van der Waals surface area contributed by atoms with Gasteiger partial charge in [-0.15, -0.1) is 0 Å². The van der Waals surface area contributed by atoms with Crippen LogP contribution in [0.3, 0.4) is 0 Å². The normalized spacial score (nSPS) is 11.4. The number of rotatable bonds is 7. The molecule has 0 saturated carbocycles. The SMILES string of the molecule is COc1ccc(OC)c([C@@H](C)NC(=O)COC(=O)c2ccc(Cl)c(N)c2)c1. The summed E-state index contributed by atoms with van der Waals surface area (Å²) in [5.74, 6) is 0.124. The molecule has 0 saturated heterocycles. The highest BCUT2D eigenvalue weighted by molar-refractivity contribution is 6.33. The zero-order valence-corrected chi connectivity index (χ0v) is 16.0. The quantitative estimate of drug-likeness (QED) is 0.555. The summed E-state index contributed by atoms with van der Waals surface area (Å²) < 4.78 is 15.5. The van der Waals surface area contributed by atoms with Crippen LogP contribution in [0.15, 0.2) is 36.4 Å². The number of amides is 1. The maximum absolute atomic E-state index is 12.1. The smallest absolute Gasteiger partial charge is 0.338 e. The lowest BCUT2D eigenvalue weighted by Crippen LogP contribution is -2.31. The Balaban J connectivity index is 1.97. The summed E-state index contributed by atoms with van der Waals surface area (Å²) in [4.78, 5) is 24.1. The lowest BCUT2D eigenvalue weighted by Gasteiger charge is -2.18. The molecule has 27 heavy (non-hydrogen) atoms. The molecule has 0 heterocycles. The highest BCUT2D eigenvalue weighted by Crippen LogP contribution is 2.29. The number of methoxy groups -OCH3 is 2. The first kappa shape index (κ1) is 20.4. The van der Waals surface area contributed by atoms with E-state index in [1.54, 1.807) is 39.3 Å². The van der Waals surface area contributed by atoms with Crippen LogP contribution in [-0.2, 0) is 9.53 Å². The number of nitrogens with one attached hydrogen (secondary N) is 1. The maximum atomic E-state index is 12.1. The largest absolute Gasteiger partial charge is 0.497 e. The van der Waals surface area contributed by atoms with Crippen LogP contribution < -0.4 is 20.5 Å². The van der Waals surface area contributed by atoms with E-state index in [2.05, 4.69) is 5.32 Å². The first-order valence-corrected chi connectivity index (χ1v) is 8.47. The molecule has 2 aromatic carbocycles. The Morgan fingerprint density at radius 1 is 1.15 bits per heavy atom. The summed E-state index contributed by atoms with van der Waals surface area (Å²) in [6.07, 6.45) is 0. The molecule has 0 aliphatic heterocycles. The fourth-order valence-electron chi connectivity index (χ4n) is 2.42. The Labute approximate surface area is 162 Å². The third-order valence-corrected chi connectivity index (χ3v) is 4.19. The number of anilines is 1. The van der Waals surface area contributed by atoms with Gasteiger partial charge in [0, 0.05) is 5.56 Å². The van der Waals surface area contributed by atoms with Gasteiger partial charge in [-0.2, -0.15) is 0 Å². The first-order valence-electron chi connectivity index (χ1n) is 8.09. The van der Waals surface area contributed by atoms with Crippen molar-refractivity contribution in [3.8, 4) is 11.5 Å². The summed E-state index contributed by atoms with van der Waals surface area (Å²) in [5.41, 5.74) is 6.87. The highest BCUT2D eigenvalue weighted by Gasteiger charge is 2.17. The van der Waals surface area contributed by atoms with Crippen LogP contribution in [0, 0.1) is 0 Å². The lowest BCUT2D eigenvalue weighted by atomic mass is 10.1. The predicted octanol–water partition coefficient (Wildman–Crippen LogP) is 2.97. The molecule has 0 aliphatic rings. The van der Waals surface area contributed by atoms with Gasteiger partial charge in [0.1, 0.15) is 11.5 Å². The van der Waals surface area contributed by atoms with Gasteiger partial charge in [0.2, 0.25) is 0 Å². The molecule has 0 aliphatic carbocycles. The van der Waals surface area contributed by atoms with Crippen molar-refractivity contribution in [1.29, 1.82) is 0 Å². The van der Waals surface area contributed by atoms with Crippen LogP contribution in [0.5, 0.6) is 11.5 Å². The predicted molar refractivity (Wildman–Crippen MR) is 102 cm³/mol. The van der Waals surface area contributed by atoms with Gasteiger partial charge in [-0.25, -0.2) is 4.79 Å². The van der Waals surface area contributed by atoms with E-state index in [0.717, 1.165) is 5.56 Å².